The molecule has 1 aliphatic rings. The van der Waals surface area contributed by atoms with Crippen molar-refractivity contribution in [3.05, 3.63) is 123 Å². The topological polar surface area (TPSA) is 90.5 Å². The number of carbonyl (C=O) groups excluding carboxylic acids is 3. The molecule has 5 rings (SSSR count). The number of hydrogen-bond donors (Lipinski definition) is 3. The van der Waals surface area contributed by atoms with Gasteiger partial charge in [0.15, 0.2) is 0 Å². The summed E-state index contributed by atoms with van der Waals surface area (Å²) in [5.74, 6) is -1.72. The first-order valence-corrected chi connectivity index (χ1v) is 12.8. The van der Waals surface area contributed by atoms with Crippen molar-refractivity contribution in [2.24, 2.45) is 0 Å². The Bertz CT molecular complexity index is 1610. The first-order valence-electron chi connectivity index (χ1n) is 11.6. The van der Waals surface area contributed by atoms with Crippen molar-refractivity contribution in [3.63, 3.8) is 0 Å². The van der Waals surface area contributed by atoms with Crippen molar-refractivity contribution >= 4 is 81.0 Å². The Morgan fingerprint density at radius 3 is 1.92 bits per heavy atom. The third-order valence-corrected chi connectivity index (χ3v) is 6.70. The predicted octanol–water partition coefficient (Wildman–Crippen LogP) is 7.43. The third kappa shape index (κ3) is 5.76. The highest BCUT2D eigenvalue weighted by atomic mass is 35.5. The van der Waals surface area contributed by atoms with Crippen LogP contribution in [0, 0.1) is 0 Å². The van der Waals surface area contributed by atoms with E-state index in [1.807, 2.05) is 42.5 Å². The second kappa shape index (κ2) is 11.2. The maximum Gasteiger partial charge on any atom is 0.283 e. The number of para-hydroxylation sites is 1. The number of benzene rings is 4. The summed E-state index contributed by atoms with van der Waals surface area (Å²) in [6.07, 6.45) is 0. The largest absolute Gasteiger partial charge is 0.356 e. The monoisotopic (exact) mass is 576 g/mol. The average molecular weight is 578 g/mol. The molecule has 1 aliphatic heterocycles. The molecular weight excluding hydrogens is 559 g/mol. The number of nitrogens with one attached hydrogen (secondary N) is 3. The summed E-state index contributed by atoms with van der Waals surface area (Å²) in [6, 6.07) is 27.9. The Balaban J connectivity index is 1.23. The van der Waals surface area contributed by atoms with Crippen LogP contribution >= 0.6 is 34.8 Å². The molecule has 0 atom stereocenters. The van der Waals surface area contributed by atoms with Crippen molar-refractivity contribution in [1.82, 2.24) is 0 Å². The van der Waals surface area contributed by atoms with Crippen molar-refractivity contribution in [1.29, 1.82) is 0 Å². The summed E-state index contributed by atoms with van der Waals surface area (Å²) < 4.78 is 0. The average Bonchev–Trinajstić information content (AvgIpc) is 3.15. The number of carbonyl (C=O) groups is 3. The molecule has 4 aromatic carbocycles. The van der Waals surface area contributed by atoms with E-state index in [-0.39, 0.29) is 27.3 Å². The van der Waals surface area contributed by atoms with Gasteiger partial charge in [-0.2, -0.15) is 0 Å². The number of anilines is 5. The normalized spacial score (nSPS) is 13.1. The van der Waals surface area contributed by atoms with Crippen molar-refractivity contribution in [2.75, 3.05) is 20.9 Å². The molecule has 0 saturated heterocycles. The smallest absolute Gasteiger partial charge is 0.283 e. The zero-order valence-corrected chi connectivity index (χ0v) is 22.3. The van der Waals surface area contributed by atoms with Crippen LogP contribution in [0.15, 0.2) is 108 Å². The number of rotatable bonds is 7. The minimum atomic E-state index is -0.727. The molecule has 0 radical (unpaired) electrons. The lowest BCUT2D eigenvalue weighted by Gasteiger charge is -2.17. The van der Waals surface area contributed by atoms with Crippen molar-refractivity contribution in [2.45, 2.75) is 0 Å². The molecule has 0 unspecified atom stereocenters. The van der Waals surface area contributed by atoms with Crippen LogP contribution in [0.3, 0.4) is 0 Å². The Morgan fingerprint density at radius 2 is 1.23 bits per heavy atom. The number of imide groups is 1. The van der Waals surface area contributed by atoms with E-state index in [2.05, 4.69) is 16.0 Å². The zero-order chi connectivity index (χ0) is 27.5. The number of hydrogen-bond acceptors (Lipinski definition) is 5. The Kier molecular flexibility index (Phi) is 7.56. The Labute approximate surface area is 239 Å². The van der Waals surface area contributed by atoms with Crippen LogP contribution in [-0.4, -0.2) is 17.7 Å². The van der Waals surface area contributed by atoms with Crippen LogP contribution in [0.4, 0.5) is 28.4 Å². The number of nitrogens with zero attached hydrogens (tertiary/aromatic N) is 1. The van der Waals surface area contributed by atoms with Crippen LogP contribution in [0.5, 0.6) is 0 Å². The lowest BCUT2D eigenvalue weighted by Crippen LogP contribution is -2.32. The fraction of sp³-hybridized carbons (Fsp3) is 0. The van der Waals surface area contributed by atoms with Gasteiger partial charge in [0.05, 0.1) is 10.7 Å². The quantitative estimate of drug-likeness (QED) is 0.199. The molecule has 0 spiro atoms. The molecule has 0 aliphatic carbocycles. The van der Waals surface area contributed by atoms with Gasteiger partial charge in [-0.15, -0.1) is 0 Å². The third-order valence-electron chi connectivity index (χ3n) is 5.80. The van der Waals surface area contributed by atoms with Crippen LogP contribution < -0.4 is 20.9 Å². The van der Waals surface area contributed by atoms with E-state index in [9.17, 15) is 14.4 Å². The summed E-state index contributed by atoms with van der Waals surface area (Å²) in [7, 11) is 0. The Hall–Kier alpha value is -4.30. The molecular formula is C29H19Cl3N4O3. The lowest BCUT2D eigenvalue weighted by atomic mass is 10.1. The van der Waals surface area contributed by atoms with Gasteiger partial charge in [0.2, 0.25) is 0 Å². The van der Waals surface area contributed by atoms with Crippen molar-refractivity contribution < 1.29 is 14.4 Å². The first-order chi connectivity index (χ1) is 18.8. The molecule has 3 amide bonds. The zero-order valence-electron chi connectivity index (χ0n) is 20.0. The maximum absolute atomic E-state index is 13.0. The highest BCUT2D eigenvalue weighted by Gasteiger charge is 2.40. The fourth-order valence-electron chi connectivity index (χ4n) is 3.86. The van der Waals surface area contributed by atoms with Gasteiger partial charge < -0.3 is 16.0 Å². The van der Waals surface area contributed by atoms with Gasteiger partial charge in [0.25, 0.3) is 17.7 Å². The molecule has 4 aromatic rings. The molecule has 3 N–H and O–H groups in total. The molecule has 194 valence electrons. The second-order valence-electron chi connectivity index (χ2n) is 8.46. The van der Waals surface area contributed by atoms with E-state index in [1.165, 1.54) is 12.1 Å². The molecule has 0 saturated carbocycles. The van der Waals surface area contributed by atoms with Crippen LogP contribution in [-0.2, 0) is 9.59 Å². The molecule has 0 fully saturated rings. The van der Waals surface area contributed by atoms with Crippen LogP contribution in [0.25, 0.3) is 0 Å². The Morgan fingerprint density at radius 1 is 0.641 bits per heavy atom. The van der Waals surface area contributed by atoms with E-state index in [0.717, 1.165) is 16.3 Å². The van der Waals surface area contributed by atoms with Gasteiger partial charge in [-0.3, -0.25) is 14.4 Å². The number of amides is 3. The number of halogens is 3. The standard InChI is InChI=1S/C29H19Cl3N4O3/c30-18-8-15-23(31)24(16-18)36-28(38)25(32)26(29(36)39)34-21-9-6-17(7-10-21)27(37)35-22-13-11-20(12-14-22)33-19-4-2-1-3-5-19/h1-16,33-34H,(H,35,37). The van der Waals surface area contributed by atoms with E-state index in [4.69, 9.17) is 34.8 Å². The van der Waals surface area contributed by atoms with Gasteiger partial charge in [0.1, 0.15) is 10.7 Å². The van der Waals surface area contributed by atoms with Gasteiger partial charge in [-0.1, -0.05) is 53.0 Å². The summed E-state index contributed by atoms with van der Waals surface area (Å²) in [4.78, 5) is 39.4. The molecule has 0 bridgehead atoms. The van der Waals surface area contributed by atoms with Crippen LogP contribution in [0.2, 0.25) is 10.0 Å². The van der Waals surface area contributed by atoms with Crippen molar-refractivity contribution in [3.8, 4) is 0 Å². The van der Waals surface area contributed by atoms with E-state index < -0.39 is 11.8 Å². The van der Waals surface area contributed by atoms with Gasteiger partial charge in [-0.05, 0) is 78.9 Å². The molecule has 0 aromatic heterocycles. The summed E-state index contributed by atoms with van der Waals surface area (Å²) in [6.45, 7) is 0. The summed E-state index contributed by atoms with van der Waals surface area (Å²) >= 11 is 18.4. The molecule has 7 nitrogen and oxygen atoms in total. The minimum Gasteiger partial charge on any atom is -0.356 e. The highest BCUT2D eigenvalue weighted by Crippen LogP contribution is 2.35. The first kappa shape index (κ1) is 26.3. The van der Waals surface area contributed by atoms with Gasteiger partial charge in [-0.25, -0.2) is 4.90 Å². The minimum absolute atomic E-state index is 0.112. The maximum atomic E-state index is 13.0. The van der Waals surface area contributed by atoms with Crippen LogP contribution in [0.1, 0.15) is 10.4 Å². The van der Waals surface area contributed by atoms with Gasteiger partial charge in [0, 0.05) is 33.3 Å². The fourth-order valence-corrected chi connectivity index (χ4v) is 4.45. The lowest BCUT2D eigenvalue weighted by molar-refractivity contribution is -0.120. The SMILES string of the molecule is O=C(Nc1ccc(Nc2ccccc2)cc1)c1ccc(NC2=C(Cl)C(=O)N(c3cc(Cl)ccc3Cl)C2=O)cc1. The molecule has 10 heteroatoms. The van der Waals surface area contributed by atoms with Gasteiger partial charge >= 0.3 is 0 Å². The van der Waals surface area contributed by atoms with E-state index in [0.29, 0.717) is 22.0 Å². The second-order valence-corrected chi connectivity index (χ2v) is 9.68. The molecule has 39 heavy (non-hydrogen) atoms. The summed E-state index contributed by atoms with van der Waals surface area (Å²) in [5.41, 5.74) is 3.35. The molecule has 1 heterocycles. The highest BCUT2D eigenvalue weighted by molar-refractivity contribution is 6.54. The summed E-state index contributed by atoms with van der Waals surface area (Å²) in [5, 5.41) is 9.19. The predicted molar refractivity (Wildman–Crippen MR) is 156 cm³/mol. The van der Waals surface area contributed by atoms with E-state index in [1.54, 1.807) is 42.5 Å². The van der Waals surface area contributed by atoms with E-state index >= 15 is 0 Å².